The molecule has 156 valence electrons. The van der Waals surface area contributed by atoms with Gasteiger partial charge in [-0.15, -0.1) is 0 Å². The normalized spacial score (nSPS) is 12.1. The molecule has 0 bridgehead atoms. The molecule has 0 aliphatic carbocycles. The van der Waals surface area contributed by atoms with E-state index in [1.807, 2.05) is 37.3 Å². The smallest absolute Gasteiger partial charge is 0.264 e. The minimum absolute atomic E-state index is 0.0543. The van der Waals surface area contributed by atoms with E-state index in [1.165, 1.54) is 23.5 Å². The van der Waals surface area contributed by atoms with Crippen molar-refractivity contribution in [2.45, 2.75) is 17.9 Å². The second-order valence-electron chi connectivity index (χ2n) is 6.80. The van der Waals surface area contributed by atoms with E-state index < -0.39 is 10.0 Å². The largest absolute Gasteiger partial charge is 0.497 e. The van der Waals surface area contributed by atoms with Crippen LogP contribution in [0.25, 0.3) is 0 Å². The van der Waals surface area contributed by atoms with E-state index in [2.05, 4.69) is 5.32 Å². The van der Waals surface area contributed by atoms with Crippen molar-refractivity contribution in [3.8, 4) is 5.75 Å². The van der Waals surface area contributed by atoms with Crippen molar-refractivity contribution in [1.29, 1.82) is 0 Å². The Labute approximate surface area is 177 Å². The highest BCUT2D eigenvalue weighted by molar-refractivity contribution is 7.92. The lowest BCUT2D eigenvalue weighted by atomic mass is 10.1. The zero-order valence-electron chi connectivity index (χ0n) is 17.1. The molecular weight excluding hydrogens is 400 g/mol. The first-order valence-corrected chi connectivity index (χ1v) is 10.9. The summed E-state index contributed by atoms with van der Waals surface area (Å²) in [5.74, 6) is 0.385. The van der Waals surface area contributed by atoms with E-state index in [4.69, 9.17) is 4.74 Å². The number of nitrogens with zero attached hydrogens (tertiary/aromatic N) is 1. The second kappa shape index (κ2) is 9.00. The molecule has 1 unspecified atom stereocenters. The number of para-hydroxylation sites is 1. The number of benzene rings is 3. The van der Waals surface area contributed by atoms with E-state index in [0.29, 0.717) is 5.69 Å². The molecule has 0 saturated heterocycles. The van der Waals surface area contributed by atoms with Crippen molar-refractivity contribution in [2.75, 3.05) is 18.5 Å². The van der Waals surface area contributed by atoms with E-state index >= 15 is 0 Å². The lowest BCUT2D eigenvalue weighted by Crippen LogP contribution is -2.28. The van der Waals surface area contributed by atoms with Gasteiger partial charge in [-0.2, -0.15) is 0 Å². The number of hydrogen-bond acceptors (Lipinski definition) is 4. The predicted molar refractivity (Wildman–Crippen MR) is 117 cm³/mol. The average molecular weight is 425 g/mol. The van der Waals surface area contributed by atoms with Crippen LogP contribution in [0, 0.1) is 0 Å². The Morgan fingerprint density at radius 3 is 2.27 bits per heavy atom. The van der Waals surface area contributed by atoms with Crippen LogP contribution in [0.15, 0.2) is 83.8 Å². The Morgan fingerprint density at radius 2 is 1.63 bits per heavy atom. The average Bonchev–Trinajstić information content (AvgIpc) is 2.79. The van der Waals surface area contributed by atoms with Crippen LogP contribution in [0.4, 0.5) is 5.69 Å². The third-order valence-corrected chi connectivity index (χ3v) is 6.62. The molecule has 6 nitrogen and oxygen atoms in total. The van der Waals surface area contributed by atoms with Crippen LogP contribution in [-0.2, 0) is 10.0 Å². The maximum absolute atomic E-state index is 13.0. The first-order valence-electron chi connectivity index (χ1n) is 9.42. The Morgan fingerprint density at radius 1 is 0.967 bits per heavy atom. The summed E-state index contributed by atoms with van der Waals surface area (Å²) >= 11 is 0. The van der Waals surface area contributed by atoms with E-state index in [-0.39, 0.29) is 22.4 Å². The van der Waals surface area contributed by atoms with Gasteiger partial charge in [0.05, 0.1) is 23.7 Å². The Bertz CT molecular complexity index is 1110. The van der Waals surface area contributed by atoms with Crippen LogP contribution in [0.3, 0.4) is 0 Å². The number of carbonyl (C=O) groups is 1. The van der Waals surface area contributed by atoms with E-state index in [1.54, 1.807) is 43.5 Å². The number of amides is 1. The SMILES string of the molecule is COc1ccc(C(C)NC(=O)c2cccc(S(=O)(=O)N(C)c3ccccc3)c2)cc1. The number of hydrogen-bond donors (Lipinski definition) is 1. The quantitative estimate of drug-likeness (QED) is 0.622. The van der Waals surface area contributed by atoms with Crippen molar-refractivity contribution in [2.24, 2.45) is 0 Å². The van der Waals surface area contributed by atoms with Crippen molar-refractivity contribution < 1.29 is 17.9 Å². The second-order valence-corrected chi connectivity index (χ2v) is 8.77. The maximum Gasteiger partial charge on any atom is 0.264 e. The number of methoxy groups -OCH3 is 1. The van der Waals surface area contributed by atoms with E-state index in [9.17, 15) is 13.2 Å². The standard InChI is InChI=1S/C23H24N2O4S/c1-17(18-12-14-21(29-3)15-13-18)24-23(26)19-8-7-11-22(16-19)30(27,28)25(2)20-9-5-4-6-10-20/h4-17H,1-3H3,(H,24,26). The van der Waals surface area contributed by atoms with Crippen LogP contribution in [-0.4, -0.2) is 28.5 Å². The molecule has 1 N–H and O–H groups in total. The highest BCUT2D eigenvalue weighted by Crippen LogP contribution is 2.23. The Kier molecular flexibility index (Phi) is 6.42. The van der Waals surface area contributed by atoms with Gasteiger partial charge in [0.1, 0.15) is 5.75 Å². The minimum Gasteiger partial charge on any atom is -0.497 e. The lowest BCUT2D eigenvalue weighted by Gasteiger charge is -2.20. The molecule has 0 fully saturated rings. The van der Waals surface area contributed by atoms with Gasteiger partial charge in [-0.3, -0.25) is 9.10 Å². The van der Waals surface area contributed by atoms with Crippen molar-refractivity contribution in [3.05, 3.63) is 90.0 Å². The van der Waals surface area contributed by atoms with Gasteiger partial charge in [0.2, 0.25) is 0 Å². The molecule has 0 spiro atoms. The zero-order chi connectivity index (χ0) is 21.7. The fourth-order valence-corrected chi connectivity index (χ4v) is 4.23. The highest BCUT2D eigenvalue weighted by Gasteiger charge is 2.22. The summed E-state index contributed by atoms with van der Waals surface area (Å²) < 4.78 is 32.3. The number of anilines is 1. The van der Waals surface area contributed by atoms with Gasteiger partial charge in [0, 0.05) is 12.6 Å². The summed E-state index contributed by atoms with van der Waals surface area (Å²) in [5.41, 5.74) is 1.73. The zero-order valence-corrected chi connectivity index (χ0v) is 17.9. The van der Waals surface area contributed by atoms with Gasteiger partial charge in [-0.25, -0.2) is 8.42 Å². The molecule has 0 heterocycles. The molecule has 30 heavy (non-hydrogen) atoms. The molecule has 7 heteroatoms. The molecule has 0 aliphatic heterocycles. The molecule has 1 amide bonds. The summed E-state index contributed by atoms with van der Waals surface area (Å²) in [6.07, 6.45) is 0. The molecule has 1 atom stereocenters. The van der Waals surface area contributed by atoms with Crippen LogP contribution in [0.2, 0.25) is 0 Å². The molecule has 3 rings (SSSR count). The van der Waals surface area contributed by atoms with Gasteiger partial charge in [-0.05, 0) is 55.0 Å². The van der Waals surface area contributed by atoms with Crippen LogP contribution in [0.1, 0.15) is 28.9 Å². The summed E-state index contributed by atoms with van der Waals surface area (Å²) in [6.45, 7) is 1.86. The van der Waals surface area contributed by atoms with E-state index in [0.717, 1.165) is 11.3 Å². The first-order chi connectivity index (χ1) is 14.3. The van der Waals surface area contributed by atoms with Gasteiger partial charge < -0.3 is 10.1 Å². The molecule has 0 aromatic heterocycles. The monoisotopic (exact) mass is 424 g/mol. The number of carbonyl (C=O) groups excluding carboxylic acids is 1. The predicted octanol–water partition coefficient (Wildman–Crippen LogP) is 4.01. The summed E-state index contributed by atoms with van der Waals surface area (Å²) in [4.78, 5) is 12.8. The van der Waals surface area contributed by atoms with Gasteiger partial charge in [-0.1, -0.05) is 36.4 Å². The van der Waals surface area contributed by atoms with Crippen LogP contribution >= 0.6 is 0 Å². The van der Waals surface area contributed by atoms with Crippen molar-refractivity contribution in [3.63, 3.8) is 0 Å². The van der Waals surface area contributed by atoms with Crippen LogP contribution in [0.5, 0.6) is 5.75 Å². The minimum atomic E-state index is -3.80. The fraction of sp³-hybridized carbons (Fsp3) is 0.174. The van der Waals surface area contributed by atoms with Crippen LogP contribution < -0.4 is 14.4 Å². The first kappa shape index (κ1) is 21.4. The molecule has 0 saturated carbocycles. The maximum atomic E-state index is 13.0. The highest BCUT2D eigenvalue weighted by atomic mass is 32.2. The molecule has 0 aliphatic rings. The summed E-state index contributed by atoms with van der Waals surface area (Å²) in [5, 5.41) is 2.90. The molecule has 0 radical (unpaired) electrons. The van der Waals surface area contributed by atoms with Crippen molar-refractivity contribution >= 4 is 21.6 Å². The molecule has 3 aromatic carbocycles. The Hall–Kier alpha value is -3.32. The topological polar surface area (TPSA) is 75.7 Å². The molecule has 3 aromatic rings. The summed E-state index contributed by atoms with van der Waals surface area (Å²) in [7, 11) is -0.714. The Balaban J connectivity index is 1.79. The van der Waals surface area contributed by atoms with Gasteiger partial charge in [0.25, 0.3) is 15.9 Å². The number of nitrogens with one attached hydrogen (secondary N) is 1. The molecular formula is C23H24N2O4S. The number of sulfonamides is 1. The van der Waals surface area contributed by atoms with Crippen molar-refractivity contribution in [1.82, 2.24) is 5.32 Å². The fourth-order valence-electron chi connectivity index (χ4n) is 2.99. The van der Waals surface area contributed by atoms with Gasteiger partial charge >= 0.3 is 0 Å². The third kappa shape index (κ3) is 4.63. The lowest BCUT2D eigenvalue weighted by molar-refractivity contribution is 0.0939. The summed E-state index contributed by atoms with van der Waals surface area (Å²) in [6, 6.07) is 22.0. The number of rotatable bonds is 7. The van der Waals surface area contributed by atoms with Gasteiger partial charge in [0.15, 0.2) is 0 Å². The third-order valence-electron chi connectivity index (χ3n) is 4.84. The number of ether oxygens (including phenoxy) is 1.